The molecule has 0 radical (unpaired) electrons. The molecule has 0 saturated carbocycles. The van der Waals surface area contributed by atoms with Crippen LogP contribution in [0.2, 0.25) is 0 Å². The maximum Gasteiger partial charge on any atom is 0.361 e. The fourth-order valence-electron chi connectivity index (χ4n) is 2.29. The van der Waals surface area contributed by atoms with Gasteiger partial charge in [0, 0.05) is 12.5 Å². The number of carbonyl (C=O) groups excluding carboxylic acids is 1. The van der Waals surface area contributed by atoms with Crippen LogP contribution in [-0.2, 0) is 11.3 Å². The first-order valence-electron chi connectivity index (χ1n) is 7.50. The number of ether oxygens (including phenoxy) is 2. The summed E-state index contributed by atoms with van der Waals surface area (Å²) in [4.78, 5) is 16.5. The number of aryl methyl sites for hydroxylation is 1. The van der Waals surface area contributed by atoms with E-state index in [1.54, 1.807) is 26.2 Å². The van der Waals surface area contributed by atoms with Gasteiger partial charge in [-0.05, 0) is 29.8 Å². The van der Waals surface area contributed by atoms with Crippen molar-refractivity contribution < 1.29 is 18.7 Å². The van der Waals surface area contributed by atoms with Crippen LogP contribution in [0.15, 0.2) is 59.0 Å². The van der Waals surface area contributed by atoms with Crippen molar-refractivity contribution in [2.24, 2.45) is 0 Å². The van der Waals surface area contributed by atoms with Crippen molar-refractivity contribution in [1.82, 2.24) is 4.98 Å². The average Bonchev–Trinajstić information content (AvgIpc) is 3.02. The maximum absolute atomic E-state index is 12.4. The van der Waals surface area contributed by atoms with E-state index in [9.17, 15) is 4.79 Å². The molecule has 122 valence electrons. The summed E-state index contributed by atoms with van der Waals surface area (Å²) in [5.41, 5.74) is 1.83. The van der Waals surface area contributed by atoms with Gasteiger partial charge in [0.25, 0.3) is 0 Å². The molecule has 2 aromatic carbocycles. The normalized spacial score (nSPS) is 10.4. The van der Waals surface area contributed by atoms with Gasteiger partial charge in [-0.25, -0.2) is 9.78 Å². The molecule has 0 unspecified atom stereocenters. The minimum absolute atomic E-state index is 0.175. The highest BCUT2D eigenvalue weighted by Gasteiger charge is 2.21. The summed E-state index contributed by atoms with van der Waals surface area (Å²) in [5, 5.41) is 0. The minimum Gasteiger partial charge on any atom is -0.497 e. The second-order valence-corrected chi connectivity index (χ2v) is 5.20. The standard InChI is InChI=1S/C19H17NO4/c1-13-20-17(19(21)23-12-14-6-4-3-5-7-14)18(24-13)15-8-10-16(22-2)11-9-15/h3-11H,12H2,1-2H3. The lowest BCUT2D eigenvalue weighted by molar-refractivity contribution is 0.0467. The average molecular weight is 323 g/mol. The molecule has 0 aliphatic carbocycles. The lowest BCUT2D eigenvalue weighted by atomic mass is 10.1. The number of benzene rings is 2. The smallest absolute Gasteiger partial charge is 0.361 e. The molecule has 5 nitrogen and oxygen atoms in total. The van der Waals surface area contributed by atoms with Gasteiger partial charge in [0.15, 0.2) is 17.3 Å². The number of nitrogens with zero attached hydrogens (tertiary/aromatic N) is 1. The third-order valence-corrected chi connectivity index (χ3v) is 3.49. The topological polar surface area (TPSA) is 61.6 Å². The zero-order valence-electron chi connectivity index (χ0n) is 13.5. The SMILES string of the molecule is COc1ccc(-c2oc(C)nc2C(=O)OCc2ccccc2)cc1. The summed E-state index contributed by atoms with van der Waals surface area (Å²) in [6.45, 7) is 1.88. The lowest BCUT2D eigenvalue weighted by Crippen LogP contribution is -2.07. The van der Waals surface area contributed by atoms with Crippen molar-refractivity contribution >= 4 is 5.97 Å². The Balaban J connectivity index is 1.81. The molecule has 0 bridgehead atoms. The molecule has 24 heavy (non-hydrogen) atoms. The molecular formula is C19H17NO4. The van der Waals surface area contributed by atoms with Crippen LogP contribution in [0, 0.1) is 6.92 Å². The first kappa shape index (κ1) is 15.8. The second kappa shape index (κ2) is 7.00. The number of oxazole rings is 1. The molecule has 0 spiro atoms. The van der Waals surface area contributed by atoms with E-state index in [1.165, 1.54) is 0 Å². The third-order valence-electron chi connectivity index (χ3n) is 3.49. The van der Waals surface area contributed by atoms with Crippen molar-refractivity contribution in [2.45, 2.75) is 13.5 Å². The fraction of sp³-hybridized carbons (Fsp3) is 0.158. The van der Waals surface area contributed by atoms with E-state index < -0.39 is 5.97 Å². The van der Waals surface area contributed by atoms with Gasteiger partial charge in [0.2, 0.25) is 0 Å². The van der Waals surface area contributed by atoms with E-state index in [4.69, 9.17) is 13.9 Å². The monoisotopic (exact) mass is 323 g/mol. The number of methoxy groups -OCH3 is 1. The van der Waals surface area contributed by atoms with Crippen LogP contribution in [0.4, 0.5) is 0 Å². The van der Waals surface area contributed by atoms with E-state index in [1.807, 2.05) is 42.5 Å². The van der Waals surface area contributed by atoms with Gasteiger partial charge in [-0.3, -0.25) is 0 Å². The van der Waals surface area contributed by atoms with Crippen LogP contribution < -0.4 is 4.74 Å². The molecule has 0 N–H and O–H groups in total. The van der Waals surface area contributed by atoms with E-state index in [0.717, 1.165) is 16.9 Å². The van der Waals surface area contributed by atoms with E-state index >= 15 is 0 Å². The summed E-state index contributed by atoms with van der Waals surface area (Å²) < 4.78 is 16.1. The molecule has 1 heterocycles. The molecule has 0 aliphatic rings. The molecule has 0 fully saturated rings. The Morgan fingerprint density at radius 2 is 1.79 bits per heavy atom. The van der Waals surface area contributed by atoms with Gasteiger partial charge in [-0.1, -0.05) is 30.3 Å². The van der Waals surface area contributed by atoms with Crippen LogP contribution >= 0.6 is 0 Å². The van der Waals surface area contributed by atoms with Crippen molar-refractivity contribution in [3.63, 3.8) is 0 Å². The van der Waals surface area contributed by atoms with Crippen LogP contribution in [0.1, 0.15) is 21.9 Å². The van der Waals surface area contributed by atoms with E-state index in [-0.39, 0.29) is 12.3 Å². The summed E-state index contributed by atoms with van der Waals surface area (Å²) in [7, 11) is 1.60. The number of hydrogen-bond acceptors (Lipinski definition) is 5. The number of esters is 1. The molecule has 3 rings (SSSR count). The Hall–Kier alpha value is -3.08. The maximum atomic E-state index is 12.4. The minimum atomic E-state index is -0.512. The number of carbonyl (C=O) groups is 1. The molecular weight excluding hydrogens is 306 g/mol. The Labute approximate surface area is 139 Å². The molecule has 0 saturated heterocycles. The number of rotatable bonds is 5. The largest absolute Gasteiger partial charge is 0.497 e. The van der Waals surface area contributed by atoms with Gasteiger partial charge in [0.1, 0.15) is 12.4 Å². The first-order chi connectivity index (χ1) is 11.7. The van der Waals surface area contributed by atoms with Crippen molar-refractivity contribution in [2.75, 3.05) is 7.11 Å². The second-order valence-electron chi connectivity index (χ2n) is 5.20. The highest BCUT2D eigenvalue weighted by molar-refractivity contribution is 5.93. The van der Waals surface area contributed by atoms with Gasteiger partial charge >= 0.3 is 5.97 Å². The Bertz CT molecular complexity index is 822. The molecule has 3 aromatic rings. The zero-order chi connectivity index (χ0) is 16.9. The van der Waals surface area contributed by atoms with Gasteiger partial charge in [-0.15, -0.1) is 0 Å². The van der Waals surface area contributed by atoms with Crippen LogP contribution in [-0.4, -0.2) is 18.1 Å². The Morgan fingerprint density at radius 1 is 1.08 bits per heavy atom. The van der Waals surface area contributed by atoms with Crippen molar-refractivity contribution in [3.8, 4) is 17.1 Å². The summed E-state index contributed by atoms with van der Waals surface area (Å²) in [6.07, 6.45) is 0. The molecule has 0 atom stereocenters. The van der Waals surface area contributed by atoms with Crippen LogP contribution in [0.3, 0.4) is 0 Å². The van der Waals surface area contributed by atoms with Crippen LogP contribution in [0.25, 0.3) is 11.3 Å². The highest BCUT2D eigenvalue weighted by atomic mass is 16.5. The summed E-state index contributed by atoms with van der Waals surface area (Å²) in [5.74, 6) is 1.02. The van der Waals surface area contributed by atoms with Crippen molar-refractivity contribution in [1.29, 1.82) is 0 Å². The zero-order valence-corrected chi connectivity index (χ0v) is 13.5. The van der Waals surface area contributed by atoms with Gasteiger partial charge in [0.05, 0.1) is 7.11 Å². The Morgan fingerprint density at radius 3 is 2.46 bits per heavy atom. The predicted octanol–water partition coefficient (Wildman–Crippen LogP) is 4.02. The first-order valence-corrected chi connectivity index (χ1v) is 7.50. The summed E-state index contributed by atoms with van der Waals surface area (Å²) >= 11 is 0. The fourth-order valence-corrected chi connectivity index (χ4v) is 2.29. The molecule has 0 amide bonds. The van der Waals surface area contributed by atoms with Crippen molar-refractivity contribution in [3.05, 3.63) is 71.7 Å². The van der Waals surface area contributed by atoms with E-state index in [2.05, 4.69) is 4.98 Å². The van der Waals surface area contributed by atoms with Gasteiger partial charge < -0.3 is 13.9 Å². The lowest BCUT2D eigenvalue weighted by Gasteiger charge is -2.05. The van der Waals surface area contributed by atoms with Crippen LogP contribution in [0.5, 0.6) is 5.75 Å². The number of aromatic nitrogens is 1. The van der Waals surface area contributed by atoms with Gasteiger partial charge in [-0.2, -0.15) is 0 Å². The molecule has 1 aromatic heterocycles. The third kappa shape index (κ3) is 3.46. The quantitative estimate of drug-likeness (QED) is 0.664. The molecule has 0 aliphatic heterocycles. The predicted molar refractivity (Wildman–Crippen MR) is 88.8 cm³/mol. The Kier molecular flexibility index (Phi) is 4.61. The summed E-state index contributed by atoms with van der Waals surface area (Å²) in [6, 6.07) is 16.7. The van der Waals surface area contributed by atoms with E-state index in [0.29, 0.717) is 11.7 Å². The molecule has 5 heteroatoms. The highest BCUT2D eigenvalue weighted by Crippen LogP contribution is 2.27. The number of hydrogen-bond donors (Lipinski definition) is 0.